The third kappa shape index (κ3) is 3.02. The van der Waals surface area contributed by atoms with E-state index >= 15 is 0 Å². The van der Waals surface area contributed by atoms with E-state index < -0.39 is 5.60 Å². The van der Waals surface area contributed by atoms with Crippen LogP contribution in [0.5, 0.6) is 0 Å². The number of carbonyl (C=O) groups is 1. The maximum atomic E-state index is 12.5. The molecular weight excluding hydrogens is 296 g/mol. The fourth-order valence-electron chi connectivity index (χ4n) is 3.13. The van der Waals surface area contributed by atoms with Gasteiger partial charge in [0.15, 0.2) is 0 Å². The van der Waals surface area contributed by atoms with Crippen LogP contribution < -0.4 is 16.3 Å². The van der Waals surface area contributed by atoms with Crippen molar-refractivity contribution in [2.45, 2.75) is 25.0 Å². The molecule has 0 unspecified atom stereocenters. The Morgan fingerprint density at radius 3 is 2.83 bits per heavy atom. The highest BCUT2D eigenvalue weighted by molar-refractivity contribution is 5.85. The SMILES string of the molecule is COC1(C(=O)NCCn2c(=O)[nH]c3ccccc32)CCNCC1. The van der Waals surface area contributed by atoms with Crippen molar-refractivity contribution in [2.75, 3.05) is 26.7 Å². The molecule has 0 aliphatic carbocycles. The maximum Gasteiger partial charge on any atom is 0.326 e. The summed E-state index contributed by atoms with van der Waals surface area (Å²) >= 11 is 0. The molecule has 0 bridgehead atoms. The molecule has 3 rings (SSSR count). The quantitative estimate of drug-likeness (QED) is 0.735. The van der Waals surface area contributed by atoms with Crippen LogP contribution in [0.2, 0.25) is 0 Å². The fourth-order valence-corrected chi connectivity index (χ4v) is 3.13. The summed E-state index contributed by atoms with van der Waals surface area (Å²) in [7, 11) is 1.58. The molecule has 2 heterocycles. The van der Waals surface area contributed by atoms with E-state index in [-0.39, 0.29) is 11.6 Å². The van der Waals surface area contributed by atoms with E-state index in [0.717, 1.165) is 24.1 Å². The van der Waals surface area contributed by atoms with Gasteiger partial charge in [0.05, 0.1) is 11.0 Å². The number of imidazole rings is 1. The van der Waals surface area contributed by atoms with Gasteiger partial charge in [-0.05, 0) is 38.1 Å². The lowest BCUT2D eigenvalue weighted by Crippen LogP contribution is -2.54. The van der Waals surface area contributed by atoms with Crippen LogP contribution in [-0.2, 0) is 16.1 Å². The van der Waals surface area contributed by atoms with Crippen molar-refractivity contribution >= 4 is 16.9 Å². The van der Waals surface area contributed by atoms with Gasteiger partial charge in [0.2, 0.25) is 0 Å². The van der Waals surface area contributed by atoms with E-state index in [2.05, 4.69) is 15.6 Å². The number of para-hydroxylation sites is 2. The lowest BCUT2D eigenvalue weighted by molar-refractivity contribution is -0.146. The number of fused-ring (bicyclic) bond motifs is 1. The molecule has 0 saturated carbocycles. The number of aromatic amines is 1. The van der Waals surface area contributed by atoms with Gasteiger partial charge in [-0.25, -0.2) is 4.79 Å². The van der Waals surface area contributed by atoms with Crippen LogP contribution >= 0.6 is 0 Å². The van der Waals surface area contributed by atoms with Gasteiger partial charge in [0.25, 0.3) is 5.91 Å². The molecule has 1 saturated heterocycles. The normalized spacial score (nSPS) is 17.3. The number of ether oxygens (including phenoxy) is 1. The minimum absolute atomic E-state index is 0.102. The fraction of sp³-hybridized carbons (Fsp3) is 0.500. The standard InChI is InChI=1S/C16H22N4O3/c1-23-16(6-8-17-9-7-16)14(21)18-10-11-20-13-5-3-2-4-12(13)19-15(20)22/h2-5,17H,6-11H2,1H3,(H,18,21)(H,19,22). The Kier molecular flexibility index (Phi) is 4.49. The molecule has 0 spiro atoms. The number of H-pyrrole nitrogens is 1. The summed E-state index contributed by atoms with van der Waals surface area (Å²) in [5.74, 6) is -0.102. The van der Waals surface area contributed by atoms with Crippen molar-refractivity contribution in [3.8, 4) is 0 Å². The summed E-state index contributed by atoms with van der Waals surface area (Å²) in [6.07, 6.45) is 1.31. The van der Waals surface area contributed by atoms with Crippen molar-refractivity contribution in [3.63, 3.8) is 0 Å². The van der Waals surface area contributed by atoms with Gasteiger partial charge < -0.3 is 20.4 Å². The third-order valence-corrected chi connectivity index (χ3v) is 4.52. The molecule has 124 valence electrons. The largest absolute Gasteiger partial charge is 0.368 e. The summed E-state index contributed by atoms with van der Waals surface area (Å²) in [5.41, 5.74) is 0.727. The zero-order chi connectivity index (χ0) is 16.3. The second kappa shape index (κ2) is 6.55. The molecule has 1 aromatic heterocycles. The number of hydrogen-bond donors (Lipinski definition) is 3. The number of benzene rings is 1. The molecule has 23 heavy (non-hydrogen) atoms. The van der Waals surface area contributed by atoms with Crippen LogP contribution in [0.1, 0.15) is 12.8 Å². The summed E-state index contributed by atoms with van der Waals surface area (Å²) < 4.78 is 7.13. The number of rotatable bonds is 5. The monoisotopic (exact) mass is 318 g/mol. The number of aromatic nitrogens is 2. The smallest absolute Gasteiger partial charge is 0.326 e. The van der Waals surface area contributed by atoms with Gasteiger partial charge in [0, 0.05) is 20.2 Å². The van der Waals surface area contributed by atoms with Gasteiger partial charge in [-0.15, -0.1) is 0 Å². The summed E-state index contributed by atoms with van der Waals surface area (Å²) in [5, 5.41) is 6.13. The Hall–Kier alpha value is -2.12. The molecule has 0 atom stereocenters. The van der Waals surface area contributed by atoms with Gasteiger partial charge in [0.1, 0.15) is 5.60 Å². The molecule has 2 aromatic rings. The maximum absolute atomic E-state index is 12.5. The van der Waals surface area contributed by atoms with Crippen LogP contribution in [0.15, 0.2) is 29.1 Å². The Morgan fingerprint density at radius 1 is 1.35 bits per heavy atom. The predicted octanol–water partition coefficient (Wildman–Crippen LogP) is 0.214. The molecule has 1 aliphatic heterocycles. The Morgan fingerprint density at radius 2 is 2.09 bits per heavy atom. The first kappa shape index (κ1) is 15.8. The van der Waals surface area contributed by atoms with E-state index in [1.165, 1.54) is 0 Å². The number of hydrogen-bond acceptors (Lipinski definition) is 4. The zero-order valence-corrected chi connectivity index (χ0v) is 13.2. The average molecular weight is 318 g/mol. The summed E-state index contributed by atoms with van der Waals surface area (Å²) in [6.45, 7) is 2.35. The van der Waals surface area contributed by atoms with Gasteiger partial charge in [-0.1, -0.05) is 12.1 Å². The number of carbonyl (C=O) groups excluding carboxylic acids is 1. The molecule has 1 amide bonds. The molecule has 1 aromatic carbocycles. The first-order valence-electron chi connectivity index (χ1n) is 7.88. The highest BCUT2D eigenvalue weighted by Gasteiger charge is 2.39. The summed E-state index contributed by atoms with van der Waals surface area (Å²) in [4.78, 5) is 27.3. The zero-order valence-electron chi connectivity index (χ0n) is 13.2. The first-order valence-corrected chi connectivity index (χ1v) is 7.88. The predicted molar refractivity (Wildman–Crippen MR) is 87.4 cm³/mol. The van der Waals surface area contributed by atoms with Crippen molar-refractivity contribution < 1.29 is 9.53 Å². The molecular formula is C16H22N4O3. The van der Waals surface area contributed by atoms with E-state index in [4.69, 9.17) is 4.74 Å². The summed E-state index contributed by atoms with van der Waals surface area (Å²) in [6, 6.07) is 7.52. The van der Waals surface area contributed by atoms with Crippen molar-refractivity contribution in [1.82, 2.24) is 20.2 Å². The second-order valence-electron chi connectivity index (χ2n) is 5.80. The highest BCUT2D eigenvalue weighted by atomic mass is 16.5. The Labute approximate surface area is 134 Å². The number of piperidine rings is 1. The second-order valence-corrected chi connectivity index (χ2v) is 5.80. The minimum atomic E-state index is -0.754. The molecule has 7 heteroatoms. The van der Waals surface area contributed by atoms with Crippen molar-refractivity contribution in [1.29, 1.82) is 0 Å². The van der Waals surface area contributed by atoms with Crippen LogP contribution in [0.25, 0.3) is 11.0 Å². The average Bonchev–Trinajstić information content (AvgIpc) is 2.91. The number of nitrogens with zero attached hydrogens (tertiary/aromatic N) is 1. The van der Waals surface area contributed by atoms with Crippen molar-refractivity contribution in [3.05, 3.63) is 34.7 Å². The molecule has 3 N–H and O–H groups in total. The molecule has 0 radical (unpaired) electrons. The van der Waals surface area contributed by atoms with Crippen LogP contribution in [0, 0.1) is 0 Å². The highest BCUT2D eigenvalue weighted by Crippen LogP contribution is 2.22. The van der Waals surface area contributed by atoms with E-state index in [0.29, 0.717) is 25.9 Å². The molecule has 1 fully saturated rings. The lowest BCUT2D eigenvalue weighted by atomic mass is 9.91. The lowest BCUT2D eigenvalue weighted by Gasteiger charge is -2.34. The Bertz CT molecular complexity index is 743. The minimum Gasteiger partial charge on any atom is -0.368 e. The van der Waals surface area contributed by atoms with Gasteiger partial charge in [-0.2, -0.15) is 0 Å². The molecule has 7 nitrogen and oxygen atoms in total. The first-order chi connectivity index (χ1) is 11.2. The van der Waals surface area contributed by atoms with E-state index in [1.807, 2.05) is 24.3 Å². The topological polar surface area (TPSA) is 88.2 Å². The van der Waals surface area contributed by atoms with Gasteiger partial charge >= 0.3 is 5.69 Å². The molecule has 1 aliphatic rings. The van der Waals surface area contributed by atoms with E-state index in [1.54, 1.807) is 11.7 Å². The Balaban J connectivity index is 1.65. The number of nitrogens with one attached hydrogen (secondary N) is 3. The van der Waals surface area contributed by atoms with Crippen LogP contribution in [-0.4, -0.2) is 47.8 Å². The van der Waals surface area contributed by atoms with Crippen molar-refractivity contribution in [2.24, 2.45) is 0 Å². The van der Waals surface area contributed by atoms with Gasteiger partial charge in [-0.3, -0.25) is 9.36 Å². The number of amides is 1. The van der Waals surface area contributed by atoms with Crippen LogP contribution in [0.4, 0.5) is 0 Å². The van der Waals surface area contributed by atoms with Crippen LogP contribution in [0.3, 0.4) is 0 Å². The number of methoxy groups -OCH3 is 1. The van der Waals surface area contributed by atoms with E-state index in [9.17, 15) is 9.59 Å². The third-order valence-electron chi connectivity index (χ3n) is 4.52.